The molecule has 4 rings (SSSR count). The first-order valence-corrected chi connectivity index (χ1v) is 13.3. The molecule has 0 radical (unpaired) electrons. The average Bonchev–Trinajstić information content (AvgIpc) is 3.29. The van der Waals surface area contributed by atoms with E-state index in [1.165, 1.54) is 27.4 Å². The summed E-state index contributed by atoms with van der Waals surface area (Å²) < 4.78 is 27.7. The van der Waals surface area contributed by atoms with Crippen molar-refractivity contribution in [2.45, 2.75) is 54.6 Å². The Labute approximate surface area is 189 Å². The van der Waals surface area contributed by atoms with Gasteiger partial charge in [0.15, 0.2) is 4.34 Å². The van der Waals surface area contributed by atoms with Gasteiger partial charge in [0.05, 0.1) is 21.7 Å². The molecule has 31 heavy (non-hydrogen) atoms. The maximum Gasteiger partial charge on any atom is 0.243 e. The molecule has 1 aromatic carbocycles. The van der Waals surface area contributed by atoms with E-state index in [0.717, 1.165) is 23.0 Å². The molecular weight excluding hydrogens is 456 g/mol. The van der Waals surface area contributed by atoms with Crippen LogP contribution in [0.15, 0.2) is 27.4 Å². The summed E-state index contributed by atoms with van der Waals surface area (Å²) in [5.41, 5.74) is 1.39. The second-order valence-electron chi connectivity index (χ2n) is 7.21. The number of hydrogen-bond acceptors (Lipinski definition) is 8. The predicted octanol–water partition coefficient (Wildman–Crippen LogP) is 3.25. The molecule has 1 aliphatic rings. The fourth-order valence-electron chi connectivity index (χ4n) is 3.35. The molecule has 1 fully saturated rings. The number of nitrogens with zero attached hydrogens (tertiary/aromatic N) is 5. The van der Waals surface area contributed by atoms with Crippen molar-refractivity contribution in [2.75, 3.05) is 18.0 Å². The third kappa shape index (κ3) is 4.61. The van der Waals surface area contributed by atoms with Gasteiger partial charge in [-0.05, 0) is 31.0 Å². The Morgan fingerprint density at radius 3 is 2.65 bits per heavy atom. The predicted molar refractivity (Wildman–Crippen MR) is 122 cm³/mol. The van der Waals surface area contributed by atoms with E-state index in [-0.39, 0.29) is 16.8 Å². The molecular formula is C19H24N6O3S3. The topological polar surface area (TPSA) is 112 Å². The van der Waals surface area contributed by atoms with Crippen molar-refractivity contribution in [1.82, 2.24) is 24.5 Å². The Morgan fingerprint density at radius 2 is 2.00 bits per heavy atom. The molecule has 0 saturated heterocycles. The SMILES string of the molecule is CCN(CC)S(=O)(=O)c1ccc2nc(CSc3nnc(N(C(C)=O)C4CC4)s3)[nH]c2c1. The van der Waals surface area contributed by atoms with Crippen molar-refractivity contribution < 1.29 is 13.2 Å². The number of hydrogen-bond donors (Lipinski definition) is 1. The molecule has 1 aliphatic carbocycles. The number of imidazole rings is 1. The smallest absolute Gasteiger partial charge is 0.243 e. The van der Waals surface area contributed by atoms with Crippen molar-refractivity contribution in [1.29, 1.82) is 0 Å². The Morgan fingerprint density at radius 1 is 1.26 bits per heavy atom. The van der Waals surface area contributed by atoms with E-state index in [9.17, 15) is 13.2 Å². The molecule has 0 bridgehead atoms. The van der Waals surface area contributed by atoms with E-state index in [4.69, 9.17) is 0 Å². The minimum Gasteiger partial charge on any atom is -0.341 e. The summed E-state index contributed by atoms with van der Waals surface area (Å²) in [6.07, 6.45) is 2.01. The van der Waals surface area contributed by atoms with E-state index >= 15 is 0 Å². The molecule has 0 spiro atoms. The van der Waals surface area contributed by atoms with Crippen LogP contribution in [0.2, 0.25) is 0 Å². The van der Waals surface area contributed by atoms with Crippen molar-refractivity contribution in [3.63, 3.8) is 0 Å². The van der Waals surface area contributed by atoms with Crippen molar-refractivity contribution >= 4 is 55.2 Å². The number of carbonyl (C=O) groups excluding carboxylic acids is 1. The molecule has 0 unspecified atom stereocenters. The van der Waals surface area contributed by atoms with Crippen molar-refractivity contribution in [3.05, 3.63) is 24.0 Å². The quantitative estimate of drug-likeness (QED) is 0.369. The summed E-state index contributed by atoms with van der Waals surface area (Å²) in [4.78, 5) is 21.6. The van der Waals surface area contributed by atoms with Gasteiger partial charge >= 0.3 is 0 Å². The van der Waals surface area contributed by atoms with E-state index < -0.39 is 10.0 Å². The van der Waals surface area contributed by atoms with Crippen LogP contribution < -0.4 is 4.90 Å². The second kappa shape index (κ2) is 8.85. The third-order valence-corrected chi connectivity index (χ3v) is 9.14. The number of thioether (sulfide) groups is 1. The Kier molecular flexibility index (Phi) is 6.33. The molecule has 166 valence electrons. The molecule has 0 aliphatic heterocycles. The van der Waals surface area contributed by atoms with E-state index in [1.54, 1.807) is 30.0 Å². The molecule has 12 heteroatoms. The lowest BCUT2D eigenvalue weighted by molar-refractivity contribution is -0.116. The maximum atomic E-state index is 12.8. The van der Waals surface area contributed by atoms with Gasteiger partial charge in [-0.1, -0.05) is 36.9 Å². The van der Waals surface area contributed by atoms with E-state index in [1.807, 2.05) is 13.8 Å². The zero-order chi connectivity index (χ0) is 22.2. The number of sulfonamides is 1. The minimum atomic E-state index is -3.52. The fourth-order valence-corrected chi connectivity index (χ4v) is 6.66. The van der Waals surface area contributed by atoms with Gasteiger partial charge in [0, 0.05) is 26.1 Å². The zero-order valence-electron chi connectivity index (χ0n) is 17.5. The first kappa shape index (κ1) is 22.2. The number of fused-ring (bicyclic) bond motifs is 1. The Bertz CT molecular complexity index is 1200. The number of aromatic nitrogens is 4. The highest BCUT2D eigenvalue weighted by atomic mass is 32.2. The summed E-state index contributed by atoms with van der Waals surface area (Å²) in [7, 11) is -3.52. The van der Waals surface area contributed by atoms with Gasteiger partial charge in [0.25, 0.3) is 0 Å². The monoisotopic (exact) mass is 480 g/mol. The lowest BCUT2D eigenvalue weighted by atomic mass is 10.3. The van der Waals surface area contributed by atoms with Crippen molar-refractivity contribution in [3.8, 4) is 0 Å². The third-order valence-electron chi connectivity index (χ3n) is 5.03. The van der Waals surface area contributed by atoms with Crippen LogP contribution in [0, 0.1) is 0 Å². The van der Waals surface area contributed by atoms with Crippen LogP contribution in [0.1, 0.15) is 39.4 Å². The molecule has 1 saturated carbocycles. The minimum absolute atomic E-state index is 0.0112. The molecule has 1 amide bonds. The number of rotatable bonds is 9. The largest absolute Gasteiger partial charge is 0.341 e. The highest BCUT2D eigenvalue weighted by molar-refractivity contribution is 8.00. The van der Waals surface area contributed by atoms with E-state index in [2.05, 4.69) is 20.2 Å². The Balaban J connectivity index is 1.48. The lowest BCUT2D eigenvalue weighted by Gasteiger charge is -2.18. The number of amides is 1. The van der Waals surface area contributed by atoms with Gasteiger partial charge in [-0.3, -0.25) is 9.69 Å². The van der Waals surface area contributed by atoms with Gasteiger partial charge in [-0.2, -0.15) is 4.31 Å². The molecule has 1 N–H and O–H groups in total. The first-order valence-electron chi connectivity index (χ1n) is 10.1. The van der Waals surface area contributed by atoms with Crippen LogP contribution in [0.4, 0.5) is 5.13 Å². The normalized spacial score (nSPS) is 14.5. The van der Waals surface area contributed by atoms with Crippen LogP contribution >= 0.6 is 23.1 Å². The van der Waals surface area contributed by atoms with Crippen LogP contribution in [0.3, 0.4) is 0 Å². The summed E-state index contributed by atoms with van der Waals surface area (Å²) in [6, 6.07) is 5.20. The summed E-state index contributed by atoms with van der Waals surface area (Å²) in [5.74, 6) is 1.24. The first-order chi connectivity index (χ1) is 14.8. The number of nitrogens with one attached hydrogen (secondary N) is 1. The summed E-state index contributed by atoms with van der Waals surface area (Å²) in [6.45, 7) is 6.05. The molecule has 0 atom stereocenters. The van der Waals surface area contributed by atoms with Gasteiger partial charge in [0.1, 0.15) is 5.82 Å². The van der Waals surface area contributed by atoms with E-state index in [0.29, 0.717) is 35.0 Å². The second-order valence-corrected chi connectivity index (χ2v) is 11.3. The molecule has 2 aromatic heterocycles. The number of aromatic amines is 1. The molecule has 9 nitrogen and oxygen atoms in total. The standard InChI is InChI=1S/C19H24N6O3S3/c1-4-24(5-2)31(27,28)14-8-9-15-16(10-14)21-17(20-15)11-29-19-23-22-18(30-19)25(12(3)26)13-6-7-13/h8-10,13H,4-7,11H2,1-3H3,(H,20,21). The maximum absolute atomic E-state index is 12.8. The Hall–Kier alpha value is -2.02. The van der Waals surface area contributed by atoms with Crippen LogP contribution in [-0.4, -0.2) is 57.9 Å². The summed E-state index contributed by atoms with van der Waals surface area (Å²) >= 11 is 2.88. The van der Waals surface area contributed by atoms with Crippen LogP contribution in [-0.2, 0) is 20.6 Å². The molecule has 3 aromatic rings. The average molecular weight is 481 g/mol. The lowest BCUT2D eigenvalue weighted by Crippen LogP contribution is -2.30. The van der Waals surface area contributed by atoms with Crippen LogP contribution in [0.5, 0.6) is 0 Å². The van der Waals surface area contributed by atoms with Gasteiger partial charge in [-0.15, -0.1) is 10.2 Å². The van der Waals surface area contributed by atoms with Crippen LogP contribution in [0.25, 0.3) is 11.0 Å². The number of H-pyrrole nitrogens is 1. The highest BCUT2D eigenvalue weighted by Crippen LogP contribution is 2.36. The number of benzene rings is 1. The van der Waals surface area contributed by atoms with Crippen molar-refractivity contribution in [2.24, 2.45) is 0 Å². The fraction of sp³-hybridized carbons (Fsp3) is 0.474. The number of anilines is 1. The highest BCUT2D eigenvalue weighted by Gasteiger charge is 2.34. The van der Waals surface area contributed by atoms with Gasteiger partial charge in [0.2, 0.25) is 21.1 Å². The van der Waals surface area contributed by atoms with Gasteiger partial charge in [-0.25, -0.2) is 13.4 Å². The molecule has 2 heterocycles. The zero-order valence-corrected chi connectivity index (χ0v) is 20.0. The summed E-state index contributed by atoms with van der Waals surface area (Å²) in [5, 5.41) is 9.00. The number of carbonyl (C=O) groups is 1. The van der Waals surface area contributed by atoms with Gasteiger partial charge < -0.3 is 4.98 Å².